The van der Waals surface area contributed by atoms with Gasteiger partial charge in [-0.05, 0) is 57.6 Å². The third-order valence-electron chi connectivity index (χ3n) is 6.72. The molecule has 0 aliphatic rings. The van der Waals surface area contributed by atoms with E-state index in [1.54, 1.807) is 0 Å². The molecule has 186 valence electrons. The SMILES string of the molecule is CCOC(=O)C(C)(C)CC(CC(c1ccccc1)n1cc(-c2ccc(C)cc2)nn1)c1ccccc1. The summed E-state index contributed by atoms with van der Waals surface area (Å²) in [7, 11) is 0. The summed E-state index contributed by atoms with van der Waals surface area (Å²) in [6.07, 6.45) is 3.47. The second-order valence-corrected chi connectivity index (χ2v) is 10.0. The summed E-state index contributed by atoms with van der Waals surface area (Å²) in [5.74, 6) is -0.0487. The first-order valence-electron chi connectivity index (χ1n) is 12.6. The van der Waals surface area contributed by atoms with Gasteiger partial charge in [-0.3, -0.25) is 4.79 Å². The van der Waals surface area contributed by atoms with E-state index in [1.165, 1.54) is 11.1 Å². The summed E-state index contributed by atoms with van der Waals surface area (Å²) in [4.78, 5) is 12.8. The van der Waals surface area contributed by atoms with Gasteiger partial charge in [-0.25, -0.2) is 4.68 Å². The van der Waals surface area contributed by atoms with E-state index in [4.69, 9.17) is 4.74 Å². The number of aryl methyl sites for hydroxylation is 1. The van der Waals surface area contributed by atoms with Gasteiger partial charge in [0, 0.05) is 5.56 Å². The number of aromatic nitrogens is 3. The van der Waals surface area contributed by atoms with Crippen molar-refractivity contribution < 1.29 is 9.53 Å². The molecule has 0 saturated carbocycles. The molecule has 0 amide bonds. The minimum absolute atomic E-state index is 0.0406. The Labute approximate surface area is 214 Å². The minimum atomic E-state index is -0.618. The van der Waals surface area contributed by atoms with Crippen molar-refractivity contribution in [1.82, 2.24) is 15.0 Å². The average Bonchev–Trinajstić information content (AvgIpc) is 3.38. The van der Waals surface area contributed by atoms with Crippen molar-refractivity contribution in [3.05, 3.63) is 108 Å². The van der Waals surface area contributed by atoms with Crippen LogP contribution in [0.15, 0.2) is 91.1 Å². The number of hydrogen-bond acceptors (Lipinski definition) is 4. The standard InChI is InChI=1S/C31H35N3O2/c1-5-36-30(35)31(3,4)21-27(24-12-8-6-9-13-24)20-29(26-14-10-7-11-15-26)34-22-28(32-33-34)25-18-16-23(2)17-19-25/h6-19,22,27,29H,5,20-21H2,1-4H3. The number of carbonyl (C=O) groups is 1. The quantitative estimate of drug-likeness (QED) is 0.229. The van der Waals surface area contributed by atoms with Crippen LogP contribution >= 0.6 is 0 Å². The van der Waals surface area contributed by atoms with Crippen LogP contribution in [0.5, 0.6) is 0 Å². The van der Waals surface area contributed by atoms with Crippen LogP contribution in [0.4, 0.5) is 0 Å². The van der Waals surface area contributed by atoms with Crippen molar-refractivity contribution in [2.24, 2.45) is 5.41 Å². The largest absolute Gasteiger partial charge is 0.466 e. The topological polar surface area (TPSA) is 57.0 Å². The second kappa shape index (κ2) is 11.3. The number of hydrogen-bond donors (Lipinski definition) is 0. The van der Waals surface area contributed by atoms with E-state index in [9.17, 15) is 4.79 Å². The van der Waals surface area contributed by atoms with Crippen LogP contribution in [0, 0.1) is 12.3 Å². The molecule has 0 aliphatic heterocycles. The fraction of sp³-hybridized carbons (Fsp3) is 0.323. The Hall–Kier alpha value is -3.73. The van der Waals surface area contributed by atoms with Gasteiger partial charge in [0.15, 0.2) is 0 Å². The zero-order valence-corrected chi connectivity index (χ0v) is 21.6. The molecule has 1 heterocycles. The molecule has 3 aromatic carbocycles. The number of benzene rings is 3. The molecule has 4 rings (SSSR count). The first-order valence-corrected chi connectivity index (χ1v) is 12.6. The summed E-state index contributed by atoms with van der Waals surface area (Å²) < 4.78 is 7.38. The number of carbonyl (C=O) groups excluding carboxylic acids is 1. The minimum Gasteiger partial charge on any atom is -0.466 e. The Bertz CT molecular complexity index is 1250. The van der Waals surface area contributed by atoms with Crippen LogP contribution in [0.25, 0.3) is 11.3 Å². The second-order valence-electron chi connectivity index (χ2n) is 10.0. The van der Waals surface area contributed by atoms with Gasteiger partial charge in [-0.1, -0.05) is 95.7 Å². The van der Waals surface area contributed by atoms with E-state index in [-0.39, 0.29) is 17.9 Å². The molecule has 0 spiro atoms. The lowest BCUT2D eigenvalue weighted by atomic mass is 9.76. The van der Waals surface area contributed by atoms with Crippen molar-refractivity contribution in [3.8, 4) is 11.3 Å². The molecule has 2 atom stereocenters. The van der Waals surface area contributed by atoms with Crippen LogP contribution in [0.2, 0.25) is 0 Å². The summed E-state index contributed by atoms with van der Waals surface area (Å²) >= 11 is 0. The molecular formula is C31H35N3O2. The molecular weight excluding hydrogens is 446 g/mol. The van der Waals surface area contributed by atoms with E-state index in [2.05, 4.69) is 90.0 Å². The summed E-state index contributed by atoms with van der Waals surface area (Å²) in [6, 6.07) is 29.1. The number of nitrogens with zero attached hydrogens (tertiary/aromatic N) is 3. The zero-order valence-electron chi connectivity index (χ0n) is 21.6. The monoisotopic (exact) mass is 481 g/mol. The van der Waals surface area contributed by atoms with Gasteiger partial charge in [0.25, 0.3) is 0 Å². The molecule has 36 heavy (non-hydrogen) atoms. The Kier molecular flexibility index (Phi) is 7.99. The fourth-order valence-corrected chi connectivity index (χ4v) is 4.72. The molecule has 0 aliphatic carbocycles. The van der Waals surface area contributed by atoms with Gasteiger partial charge in [-0.2, -0.15) is 0 Å². The zero-order chi connectivity index (χ0) is 25.5. The van der Waals surface area contributed by atoms with Gasteiger partial charge >= 0.3 is 5.97 Å². The van der Waals surface area contributed by atoms with Crippen molar-refractivity contribution in [2.45, 2.75) is 52.5 Å². The predicted molar refractivity (Wildman–Crippen MR) is 144 cm³/mol. The molecule has 0 saturated heterocycles. The van der Waals surface area contributed by atoms with Gasteiger partial charge < -0.3 is 4.74 Å². The van der Waals surface area contributed by atoms with Crippen molar-refractivity contribution in [3.63, 3.8) is 0 Å². The molecule has 0 bridgehead atoms. The third-order valence-corrected chi connectivity index (χ3v) is 6.72. The third kappa shape index (κ3) is 6.09. The van der Waals surface area contributed by atoms with E-state index in [0.29, 0.717) is 13.0 Å². The smallest absolute Gasteiger partial charge is 0.311 e. The summed E-state index contributed by atoms with van der Waals surface area (Å²) in [5, 5.41) is 9.08. The highest BCUT2D eigenvalue weighted by molar-refractivity contribution is 5.76. The Morgan fingerprint density at radius 3 is 2.14 bits per heavy atom. The molecule has 1 aromatic heterocycles. The number of esters is 1. The van der Waals surface area contributed by atoms with Crippen LogP contribution in [-0.2, 0) is 9.53 Å². The molecule has 0 fully saturated rings. The molecule has 2 unspecified atom stereocenters. The summed E-state index contributed by atoms with van der Waals surface area (Å²) in [5.41, 5.74) is 4.85. The van der Waals surface area contributed by atoms with E-state index in [1.807, 2.05) is 43.8 Å². The Morgan fingerprint density at radius 1 is 0.917 bits per heavy atom. The number of rotatable bonds is 10. The van der Waals surface area contributed by atoms with E-state index < -0.39 is 5.41 Å². The van der Waals surface area contributed by atoms with Gasteiger partial charge in [0.2, 0.25) is 0 Å². The molecule has 5 heteroatoms. The summed E-state index contributed by atoms with van der Waals surface area (Å²) in [6.45, 7) is 8.26. The van der Waals surface area contributed by atoms with Crippen LogP contribution in [0.1, 0.15) is 62.3 Å². The van der Waals surface area contributed by atoms with Gasteiger partial charge in [0.1, 0.15) is 5.69 Å². The van der Waals surface area contributed by atoms with Crippen molar-refractivity contribution in [2.75, 3.05) is 6.61 Å². The average molecular weight is 482 g/mol. The number of ether oxygens (including phenoxy) is 1. The van der Waals surface area contributed by atoms with E-state index >= 15 is 0 Å². The highest BCUT2D eigenvalue weighted by Crippen LogP contribution is 2.39. The van der Waals surface area contributed by atoms with Crippen LogP contribution < -0.4 is 0 Å². The fourth-order valence-electron chi connectivity index (χ4n) is 4.72. The predicted octanol–water partition coefficient (Wildman–Crippen LogP) is 7.00. The lowest BCUT2D eigenvalue weighted by Crippen LogP contribution is -2.29. The molecule has 0 N–H and O–H groups in total. The maximum absolute atomic E-state index is 12.8. The van der Waals surface area contributed by atoms with Crippen molar-refractivity contribution >= 4 is 5.97 Å². The molecule has 4 aromatic rings. The van der Waals surface area contributed by atoms with Gasteiger partial charge in [-0.15, -0.1) is 5.10 Å². The first kappa shape index (κ1) is 25.4. The Morgan fingerprint density at radius 2 is 1.53 bits per heavy atom. The maximum Gasteiger partial charge on any atom is 0.311 e. The molecule has 5 nitrogen and oxygen atoms in total. The van der Waals surface area contributed by atoms with Gasteiger partial charge in [0.05, 0.1) is 24.3 Å². The first-order chi connectivity index (χ1) is 17.4. The lowest BCUT2D eigenvalue weighted by Gasteiger charge is -2.31. The maximum atomic E-state index is 12.8. The highest BCUT2D eigenvalue weighted by atomic mass is 16.5. The molecule has 0 radical (unpaired) electrons. The normalized spacial score (nSPS) is 13.2. The Balaban J connectivity index is 1.70. The van der Waals surface area contributed by atoms with E-state index in [0.717, 1.165) is 23.2 Å². The van der Waals surface area contributed by atoms with Crippen LogP contribution in [0.3, 0.4) is 0 Å². The van der Waals surface area contributed by atoms with Crippen LogP contribution in [-0.4, -0.2) is 27.6 Å². The lowest BCUT2D eigenvalue weighted by molar-refractivity contribution is -0.154. The highest BCUT2D eigenvalue weighted by Gasteiger charge is 2.34. The van der Waals surface area contributed by atoms with Crippen molar-refractivity contribution in [1.29, 1.82) is 0 Å².